The number of hydrogen-bond acceptors (Lipinski definition) is 6. The van der Waals surface area contributed by atoms with Gasteiger partial charge in [0.05, 0.1) is 0 Å². The summed E-state index contributed by atoms with van der Waals surface area (Å²) < 4.78 is 27.8. The number of anilines is 1. The summed E-state index contributed by atoms with van der Waals surface area (Å²) in [6.07, 6.45) is 3.42. The molecule has 5 nitrogen and oxygen atoms in total. The number of hydrogen-bond donors (Lipinski definition) is 1. The third-order valence-electron chi connectivity index (χ3n) is 3.49. The van der Waals surface area contributed by atoms with E-state index in [-0.39, 0.29) is 6.04 Å². The second kappa shape index (κ2) is 6.04. The van der Waals surface area contributed by atoms with E-state index in [1.165, 1.54) is 11.3 Å². The molecule has 0 radical (unpaired) electrons. The first-order valence-electron chi connectivity index (χ1n) is 6.78. The lowest BCUT2D eigenvalue weighted by molar-refractivity contribution is 0.460. The van der Waals surface area contributed by atoms with Crippen LogP contribution in [0.4, 0.5) is 5.13 Å². The standard InChI is InChI=1S/C13H17N3O2S3/c1-10-2-3-12(20-10)21(17,18)15-11-4-7-16(8-5-11)13-14-6-9-19-13/h2-3,6,9,11,15H,4-5,7-8H2,1H3. The van der Waals surface area contributed by atoms with Crippen molar-refractivity contribution in [2.24, 2.45) is 0 Å². The van der Waals surface area contributed by atoms with Crippen molar-refractivity contribution in [3.05, 3.63) is 28.6 Å². The van der Waals surface area contributed by atoms with Gasteiger partial charge in [-0.05, 0) is 31.9 Å². The Morgan fingerprint density at radius 1 is 1.33 bits per heavy atom. The first kappa shape index (κ1) is 15.0. The molecule has 0 spiro atoms. The minimum atomic E-state index is -3.37. The van der Waals surface area contributed by atoms with Gasteiger partial charge in [-0.15, -0.1) is 22.7 Å². The minimum Gasteiger partial charge on any atom is -0.348 e. The quantitative estimate of drug-likeness (QED) is 0.926. The van der Waals surface area contributed by atoms with Gasteiger partial charge in [0, 0.05) is 35.6 Å². The van der Waals surface area contributed by atoms with Gasteiger partial charge in [0.25, 0.3) is 0 Å². The van der Waals surface area contributed by atoms with Crippen LogP contribution in [0.25, 0.3) is 0 Å². The largest absolute Gasteiger partial charge is 0.348 e. The molecule has 0 bridgehead atoms. The van der Waals surface area contributed by atoms with Gasteiger partial charge in [0.15, 0.2) is 5.13 Å². The maximum Gasteiger partial charge on any atom is 0.250 e. The Hall–Kier alpha value is -0.960. The number of aromatic nitrogens is 1. The number of aryl methyl sites for hydroxylation is 1. The molecule has 0 unspecified atom stereocenters. The first-order chi connectivity index (χ1) is 10.0. The van der Waals surface area contributed by atoms with Crippen molar-refractivity contribution in [2.45, 2.75) is 30.0 Å². The number of thiazole rings is 1. The van der Waals surface area contributed by atoms with Crippen LogP contribution in [0.15, 0.2) is 27.9 Å². The van der Waals surface area contributed by atoms with E-state index in [0.717, 1.165) is 35.9 Å². The lowest BCUT2D eigenvalue weighted by Gasteiger charge is -2.31. The van der Waals surface area contributed by atoms with Gasteiger partial charge in [-0.25, -0.2) is 18.1 Å². The van der Waals surface area contributed by atoms with Crippen LogP contribution in [0.2, 0.25) is 0 Å². The summed E-state index contributed by atoms with van der Waals surface area (Å²) in [6, 6.07) is 3.52. The number of piperidine rings is 1. The maximum atomic E-state index is 12.3. The van der Waals surface area contributed by atoms with Crippen LogP contribution >= 0.6 is 22.7 Å². The van der Waals surface area contributed by atoms with E-state index in [2.05, 4.69) is 14.6 Å². The molecular formula is C13H17N3O2S3. The summed E-state index contributed by atoms with van der Waals surface area (Å²) in [4.78, 5) is 7.52. The lowest BCUT2D eigenvalue weighted by Crippen LogP contribution is -2.44. The van der Waals surface area contributed by atoms with Crippen molar-refractivity contribution in [1.82, 2.24) is 9.71 Å². The highest BCUT2D eigenvalue weighted by Crippen LogP contribution is 2.24. The zero-order valence-corrected chi connectivity index (χ0v) is 14.1. The fraction of sp³-hybridized carbons (Fsp3) is 0.462. The SMILES string of the molecule is Cc1ccc(S(=O)(=O)NC2CCN(c3nccs3)CC2)s1. The predicted octanol–water partition coefficient (Wildman–Crippen LogP) is 2.46. The van der Waals surface area contributed by atoms with E-state index in [1.807, 2.05) is 18.4 Å². The molecule has 21 heavy (non-hydrogen) atoms. The molecule has 3 rings (SSSR count). The smallest absolute Gasteiger partial charge is 0.250 e. The zero-order chi connectivity index (χ0) is 14.9. The highest BCUT2D eigenvalue weighted by Gasteiger charge is 2.26. The number of nitrogens with one attached hydrogen (secondary N) is 1. The lowest BCUT2D eigenvalue weighted by atomic mass is 10.1. The van der Waals surface area contributed by atoms with Crippen molar-refractivity contribution in [1.29, 1.82) is 0 Å². The average molecular weight is 343 g/mol. The van der Waals surface area contributed by atoms with Gasteiger partial charge in [-0.3, -0.25) is 0 Å². The van der Waals surface area contributed by atoms with Gasteiger partial charge in [0.2, 0.25) is 10.0 Å². The Balaban J connectivity index is 1.60. The molecule has 1 fully saturated rings. The Bertz CT molecular complexity index is 686. The summed E-state index contributed by atoms with van der Waals surface area (Å²) in [7, 11) is -3.37. The molecule has 1 aliphatic heterocycles. The van der Waals surface area contributed by atoms with E-state index in [1.54, 1.807) is 23.6 Å². The van der Waals surface area contributed by atoms with E-state index in [0.29, 0.717) is 4.21 Å². The molecule has 114 valence electrons. The Labute approximate surface area is 132 Å². The highest BCUT2D eigenvalue weighted by atomic mass is 32.2. The van der Waals surface area contributed by atoms with Crippen LogP contribution in [-0.4, -0.2) is 32.5 Å². The molecule has 1 aliphatic rings. The minimum absolute atomic E-state index is 0.00798. The normalized spacial score (nSPS) is 17.3. The van der Waals surface area contributed by atoms with Crippen molar-refractivity contribution in [3.63, 3.8) is 0 Å². The van der Waals surface area contributed by atoms with E-state index in [9.17, 15) is 8.42 Å². The van der Waals surface area contributed by atoms with Crippen LogP contribution in [0, 0.1) is 6.92 Å². The molecule has 3 heterocycles. The zero-order valence-electron chi connectivity index (χ0n) is 11.7. The molecule has 0 aromatic carbocycles. The van der Waals surface area contributed by atoms with Gasteiger partial charge >= 0.3 is 0 Å². The highest BCUT2D eigenvalue weighted by molar-refractivity contribution is 7.91. The van der Waals surface area contributed by atoms with Gasteiger partial charge in [0.1, 0.15) is 4.21 Å². The molecule has 1 N–H and O–H groups in total. The molecule has 8 heteroatoms. The summed E-state index contributed by atoms with van der Waals surface area (Å²) in [5, 5.41) is 2.98. The second-order valence-electron chi connectivity index (χ2n) is 5.06. The molecular weight excluding hydrogens is 326 g/mol. The molecule has 0 saturated carbocycles. The maximum absolute atomic E-state index is 12.3. The van der Waals surface area contributed by atoms with Crippen molar-refractivity contribution in [3.8, 4) is 0 Å². The summed E-state index contributed by atoms with van der Waals surface area (Å²) >= 11 is 2.93. The van der Waals surface area contributed by atoms with E-state index < -0.39 is 10.0 Å². The van der Waals surface area contributed by atoms with Crippen LogP contribution in [0.1, 0.15) is 17.7 Å². The van der Waals surface area contributed by atoms with E-state index >= 15 is 0 Å². The van der Waals surface area contributed by atoms with Crippen molar-refractivity contribution in [2.75, 3.05) is 18.0 Å². The van der Waals surface area contributed by atoms with Crippen LogP contribution < -0.4 is 9.62 Å². The van der Waals surface area contributed by atoms with Crippen LogP contribution in [0.3, 0.4) is 0 Å². The molecule has 1 saturated heterocycles. The molecule has 0 aliphatic carbocycles. The third-order valence-corrected chi connectivity index (χ3v) is 7.33. The van der Waals surface area contributed by atoms with Gasteiger partial charge in [-0.2, -0.15) is 0 Å². The van der Waals surface area contributed by atoms with Crippen molar-refractivity contribution >= 4 is 37.8 Å². The van der Waals surface area contributed by atoms with Gasteiger partial charge in [-0.1, -0.05) is 0 Å². The van der Waals surface area contributed by atoms with E-state index in [4.69, 9.17) is 0 Å². The Kier molecular flexibility index (Phi) is 4.30. The summed E-state index contributed by atoms with van der Waals surface area (Å²) in [6.45, 7) is 3.59. The number of sulfonamides is 1. The van der Waals surface area contributed by atoms with Crippen LogP contribution in [0.5, 0.6) is 0 Å². The van der Waals surface area contributed by atoms with Gasteiger partial charge < -0.3 is 4.90 Å². The average Bonchev–Trinajstić information content (AvgIpc) is 3.10. The Morgan fingerprint density at radius 2 is 2.10 bits per heavy atom. The molecule has 2 aromatic heterocycles. The predicted molar refractivity (Wildman–Crippen MR) is 86.7 cm³/mol. The first-order valence-corrected chi connectivity index (χ1v) is 9.96. The Morgan fingerprint density at radius 3 is 2.67 bits per heavy atom. The fourth-order valence-electron chi connectivity index (χ4n) is 2.39. The topological polar surface area (TPSA) is 62.3 Å². The monoisotopic (exact) mass is 343 g/mol. The molecule has 2 aromatic rings. The number of thiophene rings is 1. The van der Waals surface area contributed by atoms with Crippen LogP contribution in [-0.2, 0) is 10.0 Å². The number of rotatable bonds is 4. The summed E-state index contributed by atoms with van der Waals surface area (Å²) in [5.74, 6) is 0. The number of nitrogens with zero attached hydrogens (tertiary/aromatic N) is 2. The fourth-order valence-corrected chi connectivity index (χ4v) is 5.70. The molecule has 0 amide bonds. The molecule has 0 atom stereocenters. The van der Waals surface area contributed by atoms with Crippen molar-refractivity contribution < 1.29 is 8.42 Å². The second-order valence-corrected chi connectivity index (χ2v) is 9.16. The third kappa shape index (κ3) is 3.45. The summed E-state index contributed by atoms with van der Waals surface area (Å²) in [5.41, 5.74) is 0.